The highest BCUT2D eigenvalue weighted by atomic mass is 16.5. The molecule has 1 atom stereocenters. The standard InChI is InChI=1S/C19H21N5O/c1-23-17-5-3-2-4-15(17)16(22-23)9-24-7-6-19(11-24)12-25-10-14-8-20-13-21-18(14)19/h2-5,8,13H,6-7,9-12H2,1H3/t19-/m0/s1. The third-order valence-corrected chi connectivity index (χ3v) is 5.57. The smallest absolute Gasteiger partial charge is 0.115 e. The Morgan fingerprint density at radius 2 is 2.20 bits per heavy atom. The van der Waals surface area contributed by atoms with E-state index in [-0.39, 0.29) is 5.41 Å². The van der Waals surface area contributed by atoms with Crippen LogP contribution >= 0.6 is 0 Å². The van der Waals surface area contributed by atoms with Crippen molar-refractivity contribution in [3.63, 3.8) is 0 Å². The van der Waals surface area contributed by atoms with Gasteiger partial charge in [-0.05, 0) is 19.0 Å². The van der Waals surface area contributed by atoms with Crippen LogP contribution in [-0.4, -0.2) is 44.3 Å². The lowest BCUT2D eigenvalue weighted by molar-refractivity contribution is 0.0501. The van der Waals surface area contributed by atoms with Gasteiger partial charge in [-0.2, -0.15) is 5.10 Å². The third kappa shape index (κ3) is 2.36. The van der Waals surface area contributed by atoms with Crippen molar-refractivity contribution in [2.24, 2.45) is 7.05 Å². The van der Waals surface area contributed by atoms with Crippen LogP contribution in [0.5, 0.6) is 0 Å². The first kappa shape index (κ1) is 15.0. The van der Waals surface area contributed by atoms with Crippen LogP contribution in [-0.2, 0) is 30.4 Å². The highest BCUT2D eigenvalue weighted by molar-refractivity contribution is 5.81. The molecule has 2 aromatic heterocycles. The number of aryl methyl sites for hydroxylation is 1. The quantitative estimate of drug-likeness (QED) is 0.717. The van der Waals surface area contributed by atoms with E-state index in [1.54, 1.807) is 6.33 Å². The fourth-order valence-corrected chi connectivity index (χ4v) is 4.39. The van der Waals surface area contributed by atoms with Crippen LogP contribution in [0.25, 0.3) is 10.9 Å². The topological polar surface area (TPSA) is 56.1 Å². The van der Waals surface area contributed by atoms with Gasteiger partial charge in [0.2, 0.25) is 0 Å². The number of nitrogens with zero attached hydrogens (tertiary/aromatic N) is 5. The summed E-state index contributed by atoms with van der Waals surface area (Å²) in [4.78, 5) is 11.3. The van der Waals surface area contributed by atoms with Crippen molar-refractivity contribution in [1.29, 1.82) is 0 Å². The molecule has 1 fully saturated rings. The summed E-state index contributed by atoms with van der Waals surface area (Å²) in [6, 6.07) is 8.44. The molecule has 0 amide bonds. The van der Waals surface area contributed by atoms with Gasteiger partial charge in [-0.15, -0.1) is 0 Å². The van der Waals surface area contributed by atoms with Gasteiger partial charge in [0, 0.05) is 37.3 Å². The molecule has 5 rings (SSSR count). The molecular weight excluding hydrogens is 314 g/mol. The van der Waals surface area contributed by atoms with E-state index < -0.39 is 0 Å². The van der Waals surface area contributed by atoms with Crippen LogP contribution in [0.3, 0.4) is 0 Å². The second-order valence-electron chi connectivity index (χ2n) is 7.22. The molecule has 2 aliphatic rings. The molecule has 0 saturated carbocycles. The number of ether oxygens (including phenoxy) is 1. The van der Waals surface area contributed by atoms with E-state index in [1.807, 2.05) is 17.9 Å². The molecule has 0 N–H and O–H groups in total. The number of rotatable bonds is 2. The van der Waals surface area contributed by atoms with Crippen molar-refractivity contribution < 1.29 is 4.74 Å². The summed E-state index contributed by atoms with van der Waals surface area (Å²) in [6.07, 6.45) is 4.64. The minimum atomic E-state index is 0.00110. The van der Waals surface area contributed by atoms with E-state index in [9.17, 15) is 0 Å². The minimum absolute atomic E-state index is 0.00110. The molecule has 0 unspecified atom stereocenters. The number of hydrogen-bond acceptors (Lipinski definition) is 5. The summed E-state index contributed by atoms with van der Waals surface area (Å²) in [5.74, 6) is 0. The zero-order valence-corrected chi connectivity index (χ0v) is 14.4. The van der Waals surface area contributed by atoms with E-state index in [1.165, 1.54) is 16.6 Å². The van der Waals surface area contributed by atoms with Crippen LogP contribution in [0, 0.1) is 0 Å². The Labute approximate surface area is 146 Å². The Morgan fingerprint density at radius 3 is 3.16 bits per heavy atom. The maximum atomic E-state index is 5.88. The maximum Gasteiger partial charge on any atom is 0.115 e. The number of hydrogen-bond donors (Lipinski definition) is 0. The van der Waals surface area contributed by atoms with Gasteiger partial charge in [-0.1, -0.05) is 18.2 Å². The van der Waals surface area contributed by atoms with E-state index >= 15 is 0 Å². The molecular formula is C19H21N5O. The zero-order valence-electron chi connectivity index (χ0n) is 14.4. The summed E-state index contributed by atoms with van der Waals surface area (Å²) in [5, 5.41) is 5.99. The third-order valence-electron chi connectivity index (χ3n) is 5.57. The molecule has 1 aromatic carbocycles. The average Bonchev–Trinajstić information content (AvgIpc) is 3.18. The summed E-state index contributed by atoms with van der Waals surface area (Å²) in [5.41, 5.74) is 4.66. The Morgan fingerprint density at radius 1 is 1.28 bits per heavy atom. The maximum absolute atomic E-state index is 5.88. The molecule has 6 heteroatoms. The number of para-hydroxylation sites is 1. The van der Waals surface area contributed by atoms with Gasteiger partial charge in [-0.25, -0.2) is 9.97 Å². The lowest BCUT2D eigenvalue weighted by Gasteiger charge is -2.34. The van der Waals surface area contributed by atoms with Gasteiger partial charge in [0.25, 0.3) is 0 Å². The normalized spacial score (nSPS) is 23.4. The highest BCUT2D eigenvalue weighted by Gasteiger charge is 2.44. The SMILES string of the molecule is Cn1nc(CN2CC[C@@]3(COCc4cncnc43)C2)c2ccccc21. The lowest BCUT2D eigenvalue weighted by atomic mass is 9.81. The van der Waals surface area contributed by atoms with Crippen molar-refractivity contribution in [2.75, 3.05) is 19.7 Å². The highest BCUT2D eigenvalue weighted by Crippen LogP contribution is 2.39. The predicted molar refractivity (Wildman–Crippen MR) is 94.0 cm³/mol. The van der Waals surface area contributed by atoms with Gasteiger partial charge in [0.05, 0.1) is 35.5 Å². The number of fused-ring (bicyclic) bond motifs is 3. The first-order valence-electron chi connectivity index (χ1n) is 8.75. The molecule has 6 nitrogen and oxygen atoms in total. The van der Waals surface area contributed by atoms with Crippen molar-refractivity contribution in [3.05, 3.63) is 53.7 Å². The average molecular weight is 335 g/mol. The lowest BCUT2D eigenvalue weighted by Crippen LogP contribution is -2.40. The van der Waals surface area contributed by atoms with Crippen molar-refractivity contribution in [3.8, 4) is 0 Å². The minimum Gasteiger partial charge on any atom is -0.376 e. The molecule has 0 bridgehead atoms. The summed E-state index contributed by atoms with van der Waals surface area (Å²) >= 11 is 0. The monoisotopic (exact) mass is 335 g/mol. The van der Waals surface area contributed by atoms with Gasteiger partial charge in [0.1, 0.15) is 6.33 Å². The molecule has 0 radical (unpaired) electrons. The second kappa shape index (κ2) is 5.61. The number of benzene rings is 1. The first-order chi connectivity index (χ1) is 12.3. The fraction of sp³-hybridized carbons (Fsp3) is 0.421. The second-order valence-corrected chi connectivity index (χ2v) is 7.22. The molecule has 4 heterocycles. The van der Waals surface area contributed by atoms with E-state index in [4.69, 9.17) is 9.84 Å². The Kier molecular flexibility index (Phi) is 3.36. The van der Waals surface area contributed by atoms with E-state index in [0.29, 0.717) is 6.61 Å². The van der Waals surface area contributed by atoms with E-state index in [0.717, 1.165) is 43.9 Å². The fourth-order valence-electron chi connectivity index (χ4n) is 4.39. The van der Waals surface area contributed by atoms with Gasteiger partial charge in [0.15, 0.2) is 0 Å². The summed E-state index contributed by atoms with van der Waals surface area (Å²) in [7, 11) is 2.01. The molecule has 128 valence electrons. The first-order valence-corrected chi connectivity index (χ1v) is 8.75. The molecule has 0 aliphatic carbocycles. The summed E-state index contributed by atoms with van der Waals surface area (Å²) < 4.78 is 7.86. The summed E-state index contributed by atoms with van der Waals surface area (Å²) in [6.45, 7) is 4.24. The van der Waals surface area contributed by atoms with Gasteiger partial charge < -0.3 is 4.74 Å². The van der Waals surface area contributed by atoms with Crippen LogP contribution in [0.2, 0.25) is 0 Å². The molecule has 1 saturated heterocycles. The molecule has 3 aromatic rings. The van der Waals surface area contributed by atoms with Crippen LogP contribution in [0.4, 0.5) is 0 Å². The zero-order chi connectivity index (χ0) is 16.9. The van der Waals surface area contributed by atoms with Crippen molar-refractivity contribution in [2.45, 2.75) is 25.0 Å². The molecule has 1 spiro atoms. The Hall–Kier alpha value is -2.31. The van der Waals surface area contributed by atoms with Gasteiger partial charge >= 0.3 is 0 Å². The predicted octanol–water partition coefficient (Wildman–Crippen LogP) is 2.04. The van der Waals surface area contributed by atoms with Crippen LogP contribution < -0.4 is 0 Å². The number of likely N-dealkylation sites (tertiary alicyclic amines) is 1. The van der Waals surface area contributed by atoms with Gasteiger partial charge in [-0.3, -0.25) is 9.58 Å². The molecule has 25 heavy (non-hydrogen) atoms. The van der Waals surface area contributed by atoms with Crippen molar-refractivity contribution in [1.82, 2.24) is 24.6 Å². The Balaban J connectivity index is 1.43. The number of aromatic nitrogens is 4. The van der Waals surface area contributed by atoms with E-state index in [2.05, 4.69) is 39.1 Å². The van der Waals surface area contributed by atoms with Crippen LogP contribution in [0.1, 0.15) is 23.4 Å². The molecule has 2 aliphatic heterocycles. The van der Waals surface area contributed by atoms with Crippen molar-refractivity contribution >= 4 is 10.9 Å². The Bertz CT molecular complexity index is 936. The largest absolute Gasteiger partial charge is 0.376 e. The van der Waals surface area contributed by atoms with Crippen LogP contribution in [0.15, 0.2) is 36.8 Å².